The first-order chi connectivity index (χ1) is 10.9. The summed E-state index contributed by atoms with van der Waals surface area (Å²) in [6, 6.07) is 7.36. The standard InChI is InChI=1S/C14H9F3N4O2/c15-14(16,17)9-4-1-3-8(7-9)12(22)19-13-18-11(20-21-13)10-5-2-6-23-10/h1-7H,(H2,18,19,20,21,22). The predicted octanol–water partition coefficient (Wildman–Crippen LogP) is 3.34. The number of amides is 1. The van der Waals surface area contributed by atoms with Gasteiger partial charge in [-0.3, -0.25) is 15.2 Å². The van der Waals surface area contributed by atoms with Gasteiger partial charge in [-0.15, -0.1) is 5.10 Å². The van der Waals surface area contributed by atoms with Crippen LogP contribution in [0.15, 0.2) is 47.1 Å². The minimum atomic E-state index is -4.52. The first kappa shape index (κ1) is 14.8. The number of nitrogens with one attached hydrogen (secondary N) is 2. The van der Waals surface area contributed by atoms with E-state index in [0.29, 0.717) is 5.76 Å². The summed E-state index contributed by atoms with van der Waals surface area (Å²) >= 11 is 0. The molecule has 0 radical (unpaired) electrons. The molecule has 0 fully saturated rings. The molecule has 1 amide bonds. The topological polar surface area (TPSA) is 83.8 Å². The van der Waals surface area contributed by atoms with Crippen LogP contribution >= 0.6 is 0 Å². The van der Waals surface area contributed by atoms with Crippen molar-refractivity contribution in [3.8, 4) is 11.6 Å². The molecular formula is C14H9F3N4O2. The number of halogens is 3. The minimum absolute atomic E-state index is 0.0705. The van der Waals surface area contributed by atoms with Crippen molar-refractivity contribution in [3.05, 3.63) is 53.8 Å². The van der Waals surface area contributed by atoms with Gasteiger partial charge in [-0.2, -0.15) is 18.2 Å². The average molecular weight is 322 g/mol. The number of nitrogens with zero attached hydrogens (tertiary/aromatic N) is 2. The van der Waals surface area contributed by atoms with Gasteiger partial charge in [0.25, 0.3) is 5.91 Å². The predicted molar refractivity (Wildman–Crippen MR) is 73.5 cm³/mol. The van der Waals surface area contributed by atoms with E-state index >= 15 is 0 Å². The first-order valence-electron chi connectivity index (χ1n) is 6.38. The number of aromatic amines is 1. The summed E-state index contributed by atoms with van der Waals surface area (Å²) in [5, 5.41) is 8.63. The number of carbonyl (C=O) groups excluding carboxylic acids is 1. The number of benzene rings is 1. The lowest BCUT2D eigenvalue weighted by atomic mass is 10.1. The molecule has 3 rings (SSSR count). The van der Waals surface area contributed by atoms with Crippen LogP contribution in [0.5, 0.6) is 0 Å². The summed E-state index contributed by atoms with van der Waals surface area (Å²) in [6.45, 7) is 0. The first-order valence-corrected chi connectivity index (χ1v) is 6.38. The van der Waals surface area contributed by atoms with E-state index in [-0.39, 0.29) is 17.3 Å². The SMILES string of the molecule is O=C(Nc1n[nH]c(-c2ccco2)n1)c1cccc(C(F)(F)F)c1. The minimum Gasteiger partial charge on any atom is -0.461 e. The second-order valence-electron chi connectivity index (χ2n) is 4.52. The van der Waals surface area contributed by atoms with Crippen molar-refractivity contribution in [2.24, 2.45) is 0 Å². The van der Waals surface area contributed by atoms with Crippen molar-refractivity contribution in [2.45, 2.75) is 6.18 Å². The van der Waals surface area contributed by atoms with E-state index in [1.54, 1.807) is 12.1 Å². The molecule has 2 aromatic heterocycles. The van der Waals surface area contributed by atoms with Crippen LogP contribution in [-0.4, -0.2) is 21.1 Å². The van der Waals surface area contributed by atoms with E-state index in [1.807, 2.05) is 0 Å². The molecule has 0 aliphatic heterocycles. The van der Waals surface area contributed by atoms with Gasteiger partial charge in [-0.1, -0.05) is 6.07 Å². The molecule has 0 aliphatic rings. The van der Waals surface area contributed by atoms with E-state index in [4.69, 9.17) is 4.42 Å². The Kier molecular flexibility index (Phi) is 3.61. The second kappa shape index (κ2) is 5.59. The number of rotatable bonds is 3. The van der Waals surface area contributed by atoms with Crippen LogP contribution in [0.25, 0.3) is 11.6 Å². The highest BCUT2D eigenvalue weighted by Crippen LogP contribution is 2.29. The van der Waals surface area contributed by atoms with Gasteiger partial charge in [-0.05, 0) is 30.3 Å². The van der Waals surface area contributed by atoms with Crippen molar-refractivity contribution < 1.29 is 22.4 Å². The Bertz CT molecular complexity index is 825. The van der Waals surface area contributed by atoms with Gasteiger partial charge in [0.15, 0.2) is 11.6 Å². The third kappa shape index (κ3) is 3.23. The Balaban J connectivity index is 1.77. The van der Waals surface area contributed by atoms with Crippen LogP contribution in [0.3, 0.4) is 0 Å². The monoisotopic (exact) mass is 322 g/mol. The van der Waals surface area contributed by atoms with Crippen LogP contribution in [0.1, 0.15) is 15.9 Å². The lowest BCUT2D eigenvalue weighted by Gasteiger charge is -2.08. The fraction of sp³-hybridized carbons (Fsp3) is 0.0714. The lowest BCUT2D eigenvalue weighted by Crippen LogP contribution is -2.14. The fourth-order valence-corrected chi connectivity index (χ4v) is 1.85. The maximum absolute atomic E-state index is 12.6. The van der Waals surface area contributed by atoms with E-state index in [1.165, 1.54) is 12.3 Å². The van der Waals surface area contributed by atoms with Gasteiger partial charge < -0.3 is 4.42 Å². The molecule has 9 heteroatoms. The molecule has 23 heavy (non-hydrogen) atoms. The van der Waals surface area contributed by atoms with E-state index < -0.39 is 17.6 Å². The normalized spacial score (nSPS) is 11.4. The number of hydrogen-bond donors (Lipinski definition) is 2. The molecule has 6 nitrogen and oxygen atoms in total. The van der Waals surface area contributed by atoms with Gasteiger partial charge in [0.05, 0.1) is 11.8 Å². The van der Waals surface area contributed by atoms with Crippen molar-refractivity contribution in [1.29, 1.82) is 0 Å². The molecule has 0 saturated heterocycles. The van der Waals surface area contributed by atoms with Crippen LogP contribution in [-0.2, 0) is 6.18 Å². The quantitative estimate of drug-likeness (QED) is 0.774. The smallest absolute Gasteiger partial charge is 0.416 e. The zero-order chi connectivity index (χ0) is 16.4. The number of alkyl halides is 3. The molecule has 0 unspecified atom stereocenters. The Morgan fingerprint density at radius 3 is 2.74 bits per heavy atom. The molecule has 0 atom stereocenters. The van der Waals surface area contributed by atoms with Gasteiger partial charge in [0.1, 0.15) is 0 Å². The van der Waals surface area contributed by atoms with Crippen LogP contribution in [0.4, 0.5) is 19.1 Å². The molecule has 0 saturated carbocycles. The number of hydrogen-bond acceptors (Lipinski definition) is 4. The summed E-state index contributed by atoms with van der Waals surface area (Å²) in [6.07, 6.45) is -3.08. The molecule has 1 aromatic carbocycles. The molecule has 2 N–H and O–H groups in total. The van der Waals surface area contributed by atoms with Gasteiger partial charge >= 0.3 is 6.18 Å². The van der Waals surface area contributed by atoms with Crippen molar-refractivity contribution in [2.75, 3.05) is 5.32 Å². The van der Waals surface area contributed by atoms with Crippen molar-refractivity contribution in [3.63, 3.8) is 0 Å². The van der Waals surface area contributed by atoms with Crippen LogP contribution in [0, 0.1) is 0 Å². The molecule has 0 aliphatic carbocycles. The molecule has 118 valence electrons. The zero-order valence-corrected chi connectivity index (χ0v) is 11.4. The average Bonchev–Trinajstić information content (AvgIpc) is 3.17. The highest BCUT2D eigenvalue weighted by atomic mass is 19.4. The largest absolute Gasteiger partial charge is 0.461 e. The number of H-pyrrole nitrogens is 1. The Hall–Kier alpha value is -3.10. The van der Waals surface area contributed by atoms with Gasteiger partial charge in [-0.25, -0.2) is 0 Å². The summed E-state index contributed by atoms with van der Waals surface area (Å²) in [7, 11) is 0. The third-order valence-electron chi connectivity index (χ3n) is 2.92. The molecule has 0 spiro atoms. The fourth-order valence-electron chi connectivity index (χ4n) is 1.85. The highest BCUT2D eigenvalue weighted by Gasteiger charge is 2.31. The second-order valence-corrected chi connectivity index (χ2v) is 4.52. The number of anilines is 1. The van der Waals surface area contributed by atoms with Crippen molar-refractivity contribution in [1.82, 2.24) is 15.2 Å². The van der Waals surface area contributed by atoms with E-state index in [9.17, 15) is 18.0 Å². The zero-order valence-electron chi connectivity index (χ0n) is 11.4. The molecule has 2 heterocycles. The summed E-state index contributed by atoms with van der Waals surface area (Å²) in [4.78, 5) is 16.0. The Morgan fingerprint density at radius 2 is 2.04 bits per heavy atom. The van der Waals surface area contributed by atoms with E-state index in [0.717, 1.165) is 18.2 Å². The maximum atomic E-state index is 12.6. The number of furan rings is 1. The maximum Gasteiger partial charge on any atom is 0.416 e. The number of carbonyl (C=O) groups is 1. The molecule has 3 aromatic rings. The summed E-state index contributed by atoms with van der Waals surface area (Å²) in [5.41, 5.74) is -1.06. The lowest BCUT2D eigenvalue weighted by molar-refractivity contribution is -0.137. The summed E-state index contributed by atoms with van der Waals surface area (Å²) < 4.78 is 43.0. The number of aromatic nitrogens is 3. The van der Waals surface area contributed by atoms with Crippen LogP contribution in [0.2, 0.25) is 0 Å². The molecule has 0 bridgehead atoms. The Labute approximate surface area is 127 Å². The van der Waals surface area contributed by atoms with Gasteiger partial charge in [0, 0.05) is 5.56 Å². The van der Waals surface area contributed by atoms with E-state index in [2.05, 4.69) is 20.5 Å². The summed E-state index contributed by atoms with van der Waals surface area (Å²) in [5.74, 6) is -0.119. The highest BCUT2D eigenvalue weighted by molar-refractivity contribution is 6.03. The van der Waals surface area contributed by atoms with Crippen LogP contribution < -0.4 is 5.32 Å². The third-order valence-corrected chi connectivity index (χ3v) is 2.92. The van der Waals surface area contributed by atoms with Gasteiger partial charge in [0.2, 0.25) is 5.95 Å². The Morgan fingerprint density at radius 1 is 1.22 bits per heavy atom. The van der Waals surface area contributed by atoms with Crippen molar-refractivity contribution >= 4 is 11.9 Å². The molecular weight excluding hydrogens is 313 g/mol.